The van der Waals surface area contributed by atoms with Crippen molar-refractivity contribution in [3.8, 4) is 0 Å². The molecule has 0 aromatic rings. The first kappa shape index (κ1) is 16.3. The van der Waals surface area contributed by atoms with Crippen molar-refractivity contribution in [2.45, 2.75) is 39.5 Å². The monoisotopic (exact) mass is 294 g/mol. The van der Waals surface area contributed by atoms with E-state index in [1.165, 1.54) is 4.90 Å². The van der Waals surface area contributed by atoms with Gasteiger partial charge in [0.2, 0.25) is 0 Å². The number of halogens is 3. The lowest BCUT2D eigenvalue weighted by molar-refractivity contribution is -0.172. The Morgan fingerprint density at radius 3 is 2.20 bits per heavy atom. The summed E-state index contributed by atoms with van der Waals surface area (Å²) in [7, 11) is 0. The average molecular weight is 294 g/mol. The van der Waals surface area contributed by atoms with Crippen LogP contribution in [-0.2, 0) is 9.53 Å². The number of carbonyl (C=O) groups is 2. The van der Waals surface area contributed by atoms with E-state index in [1.54, 1.807) is 33.0 Å². The van der Waals surface area contributed by atoms with Crippen LogP contribution in [0, 0.1) is 0 Å². The number of ether oxygens (including phenoxy) is 1. The predicted octanol–water partition coefficient (Wildman–Crippen LogP) is 2.19. The molecule has 0 radical (unpaired) electrons. The van der Waals surface area contributed by atoms with Crippen molar-refractivity contribution in [2.75, 3.05) is 13.1 Å². The highest BCUT2D eigenvalue weighted by Crippen LogP contribution is 2.21. The minimum Gasteiger partial charge on any atom is -0.444 e. The van der Waals surface area contributed by atoms with E-state index in [0.29, 0.717) is 5.57 Å². The van der Waals surface area contributed by atoms with E-state index in [2.05, 4.69) is 0 Å². The van der Waals surface area contributed by atoms with Gasteiger partial charge in [0.25, 0.3) is 0 Å². The van der Waals surface area contributed by atoms with Gasteiger partial charge in [0.1, 0.15) is 5.60 Å². The Morgan fingerprint density at radius 2 is 1.75 bits per heavy atom. The van der Waals surface area contributed by atoms with Gasteiger partial charge in [-0.3, -0.25) is 9.69 Å². The first-order chi connectivity index (χ1) is 8.90. The Morgan fingerprint density at radius 1 is 1.20 bits per heavy atom. The molecule has 8 heteroatoms. The number of nitrogens with zero attached hydrogens (tertiary/aromatic N) is 1. The Balaban J connectivity index is 2.64. The molecule has 0 spiro atoms. The van der Waals surface area contributed by atoms with Crippen LogP contribution in [-0.4, -0.2) is 41.8 Å². The van der Waals surface area contributed by atoms with Gasteiger partial charge >= 0.3 is 18.2 Å². The minimum atomic E-state index is -4.95. The summed E-state index contributed by atoms with van der Waals surface area (Å²) in [6.07, 6.45) is -5.58. The zero-order valence-electron chi connectivity index (χ0n) is 11.7. The molecule has 0 fully saturated rings. The van der Waals surface area contributed by atoms with Crippen LogP contribution in [0.2, 0.25) is 0 Å². The maximum Gasteiger partial charge on any atom is 0.471 e. The molecule has 0 unspecified atom stereocenters. The molecule has 114 valence electrons. The maximum atomic E-state index is 12.2. The first-order valence-electron chi connectivity index (χ1n) is 5.95. The van der Waals surface area contributed by atoms with Crippen LogP contribution in [0.15, 0.2) is 11.3 Å². The van der Waals surface area contributed by atoms with E-state index in [-0.39, 0.29) is 18.8 Å². The standard InChI is InChI=1S/C12H17F3N2O3/c1-7-5-17(10(19)20-11(2,3)4)6-8(7)16-9(18)12(13,14)15/h5-6H2,1-4H3,(H,16,18). The highest BCUT2D eigenvalue weighted by molar-refractivity contribution is 5.83. The molecule has 0 aromatic carbocycles. The van der Waals surface area contributed by atoms with Crippen LogP contribution in [0.5, 0.6) is 0 Å². The molecule has 20 heavy (non-hydrogen) atoms. The summed E-state index contributed by atoms with van der Waals surface area (Å²) >= 11 is 0. The molecule has 0 atom stereocenters. The third-order valence-corrected chi connectivity index (χ3v) is 2.47. The Labute approximate surface area is 114 Å². The van der Waals surface area contributed by atoms with Crippen LogP contribution < -0.4 is 5.32 Å². The van der Waals surface area contributed by atoms with Crippen molar-refractivity contribution in [1.82, 2.24) is 10.2 Å². The van der Waals surface area contributed by atoms with E-state index < -0.39 is 23.8 Å². The molecule has 0 saturated carbocycles. The molecular formula is C12H17F3N2O3. The van der Waals surface area contributed by atoms with Crippen molar-refractivity contribution in [2.24, 2.45) is 0 Å². The number of nitrogens with one attached hydrogen (secondary N) is 1. The summed E-state index contributed by atoms with van der Waals surface area (Å²) in [6, 6.07) is 0. The third-order valence-electron chi connectivity index (χ3n) is 2.47. The molecule has 0 bridgehead atoms. The Bertz CT molecular complexity index is 450. The highest BCUT2D eigenvalue weighted by atomic mass is 19.4. The zero-order valence-corrected chi connectivity index (χ0v) is 11.7. The fraction of sp³-hybridized carbons (Fsp3) is 0.667. The summed E-state index contributed by atoms with van der Waals surface area (Å²) in [5, 5.41) is 1.78. The van der Waals surface area contributed by atoms with Gasteiger partial charge in [-0.2, -0.15) is 13.2 Å². The smallest absolute Gasteiger partial charge is 0.444 e. The molecule has 1 aliphatic heterocycles. The van der Waals surface area contributed by atoms with Crippen LogP contribution >= 0.6 is 0 Å². The van der Waals surface area contributed by atoms with Gasteiger partial charge in [0, 0.05) is 12.2 Å². The fourth-order valence-electron chi connectivity index (χ4n) is 1.57. The molecule has 1 aliphatic rings. The number of alkyl halides is 3. The van der Waals surface area contributed by atoms with Crippen molar-refractivity contribution in [1.29, 1.82) is 0 Å². The molecule has 2 amide bonds. The van der Waals surface area contributed by atoms with Crippen LogP contribution in [0.25, 0.3) is 0 Å². The zero-order chi connectivity index (χ0) is 15.7. The van der Waals surface area contributed by atoms with Crippen LogP contribution in [0.3, 0.4) is 0 Å². The van der Waals surface area contributed by atoms with E-state index in [1.807, 2.05) is 0 Å². The van der Waals surface area contributed by atoms with Gasteiger partial charge in [-0.1, -0.05) is 0 Å². The molecule has 5 nitrogen and oxygen atoms in total. The van der Waals surface area contributed by atoms with Gasteiger partial charge in [0.15, 0.2) is 0 Å². The minimum absolute atomic E-state index is 0.0817. The quantitative estimate of drug-likeness (QED) is 0.806. The van der Waals surface area contributed by atoms with Crippen molar-refractivity contribution in [3.05, 3.63) is 11.3 Å². The number of hydrogen-bond donors (Lipinski definition) is 1. The SMILES string of the molecule is CC1=C(NC(=O)C(F)(F)F)CN(C(=O)OC(C)(C)C)C1. The molecule has 0 aliphatic carbocycles. The first-order valence-corrected chi connectivity index (χ1v) is 5.95. The summed E-state index contributed by atoms with van der Waals surface area (Å²) in [5.41, 5.74) is -0.116. The van der Waals surface area contributed by atoms with Crippen molar-refractivity contribution < 1.29 is 27.5 Å². The summed E-state index contributed by atoms with van der Waals surface area (Å²) in [4.78, 5) is 23.9. The maximum absolute atomic E-state index is 12.2. The van der Waals surface area contributed by atoms with E-state index in [4.69, 9.17) is 4.74 Å². The summed E-state index contributed by atoms with van der Waals surface area (Å²) in [5.74, 6) is -2.04. The topological polar surface area (TPSA) is 58.6 Å². The molecule has 1 N–H and O–H groups in total. The largest absolute Gasteiger partial charge is 0.471 e. The summed E-state index contributed by atoms with van der Waals surface area (Å²) in [6.45, 7) is 6.64. The molecular weight excluding hydrogens is 277 g/mol. The molecule has 1 rings (SSSR count). The predicted molar refractivity (Wildman–Crippen MR) is 64.7 cm³/mol. The molecule has 0 aromatic heterocycles. The normalized spacial score (nSPS) is 16.4. The van der Waals surface area contributed by atoms with Gasteiger partial charge in [-0.05, 0) is 33.3 Å². The summed E-state index contributed by atoms with van der Waals surface area (Å²) < 4.78 is 41.6. The Hall–Kier alpha value is -1.73. The second-order valence-corrected chi connectivity index (χ2v) is 5.55. The average Bonchev–Trinajstić information content (AvgIpc) is 2.56. The van der Waals surface area contributed by atoms with E-state index in [0.717, 1.165) is 0 Å². The fourth-order valence-corrected chi connectivity index (χ4v) is 1.57. The van der Waals surface area contributed by atoms with E-state index >= 15 is 0 Å². The van der Waals surface area contributed by atoms with Gasteiger partial charge in [0.05, 0.1) is 6.54 Å². The molecule has 0 saturated heterocycles. The number of hydrogen-bond acceptors (Lipinski definition) is 3. The third kappa shape index (κ3) is 4.43. The molecule has 1 heterocycles. The lowest BCUT2D eigenvalue weighted by Gasteiger charge is -2.24. The van der Waals surface area contributed by atoms with Gasteiger partial charge in [-0.15, -0.1) is 0 Å². The lowest BCUT2D eigenvalue weighted by atomic mass is 10.2. The number of amides is 2. The van der Waals surface area contributed by atoms with Gasteiger partial charge in [-0.25, -0.2) is 4.79 Å². The van der Waals surface area contributed by atoms with Crippen molar-refractivity contribution >= 4 is 12.0 Å². The van der Waals surface area contributed by atoms with E-state index in [9.17, 15) is 22.8 Å². The highest BCUT2D eigenvalue weighted by Gasteiger charge is 2.40. The Kier molecular flexibility index (Phi) is 4.36. The van der Waals surface area contributed by atoms with Crippen LogP contribution in [0.4, 0.5) is 18.0 Å². The number of carbonyl (C=O) groups excluding carboxylic acids is 2. The number of rotatable bonds is 1. The second-order valence-electron chi connectivity index (χ2n) is 5.55. The lowest BCUT2D eigenvalue weighted by Crippen LogP contribution is -2.39. The second kappa shape index (κ2) is 5.34. The van der Waals surface area contributed by atoms with Gasteiger partial charge < -0.3 is 10.1 Å². The van der Waals surface area contributed by atoms with Crippen molar-refractivity contribution in [3.63, 3.8) is 0 Å². The van der Waals surface area contributed by atoms with Crippen LogP contribution in [0.1, 0.15) is 27.7 Å².